The molecule has 6 nitrogen and oxygen atoms in total. The molecule has 136 valence electrons. The van der Waals surface area contributed by atoms with Gasteiger partial charge in [0.15, 0.2) is 0 Å². The van der Waals surface area contributed by atoms with E-state index in [0.717, 1.165) is 29.5 Å². The number of piperidine rings is 1. The maximum absolute atomic E-state index is 12.7. The van der Waals surface area contributed by atoms with Crippen LogP contribution in [0.2, 0.25) is 0 Å². The van der Waals surface area contributed by atoms with E-state index in [2.05, 4.69) is 10.0 Å². The standard InChI is InChI=1S/C17H22N2O4S2/c1-3-23-17(20)16-10-12-9-13(6-7-15(12)24-16)25(21,22)19-14-5-4-8-18-11(14)2/h6-7,9-11,14,18-19H,3-5,8H2,1-2H3. The van der Waals surface area contributed by atoms with Crippen molar-refractivity contribution in [3.63, 3.8) is 0 Å². The number of rotatable bonds is 5. The summed E-state index contributed by atoms with van der Waals surface area (Å²) < 4.78 is 34.1. The third kappa shape index (κ3) is 4.03. The van der Waals surface area contributed by atoms with Gasteiger partial charge in [0, 0.05) is 16.8 Å². The fourth-order valence-electron chi connectivity index (χ4n) is 2.96. The molecule has 1 aliphatic rings. The summed E-state index contributed by atoms with van der Waals surface area (Å²) in [6, 6.07) is 6.59. The second-order valence-corrected chi connectivity index (χ2v) is 8.94. The van der Waals surface area contributed by atoms with Crippen molar-refractivity contribution in [3.05, 3.63) is 29.1 Å². The summed E-state index contributed by atoms with van der Waals surface area (Å²) in [4.78, 5) is 12.5. The van der Waals surface area contributed by atoms with Gasteiger partial charge in [-0.1, -0.05) is 0 Å². The average molecular weight is 383 g/mol. The van der Waals surface area contributed by atoms with Gasteiger partial charge in [-0.3, -0.25) is 0 Å². The molecule has 1 saturated heterocycles. The van der Waals surface area contributed by atoms with Gasteiger partial charge < -0.3 is 10.1 Å². The summed E-state index contributed by atoms with van der Waals surface area (Å²) in [7, 11) is -3.61. The van der Waals surface area contributed by atoms with E-state index in [0.29, 0.717) is 11.5 Å². The zero-order chi connectivity index (χ0) is 18.0. The SMILES string of the molecule is CCOC(=O)c1cc2cc(S(=O)(=O)NC3CCCNC3C)ccc2s1. The Morgan fingerprint density at radius 3 is 2.92 bits per heavy atom. The summed E-state index contributed by atoms with van der Waals surface area (Å²) in [5.41, 5.74) is 0. The normalized spacial score (nSPS) is 21.4. The van der Waals surface area contributed by atoms with E-state index in [4.69, 9.17) is 4.74 Å². The van der Waals surface area contributed by atoms with Crippen molar-refractivity contribution in [2.45, 2.75) is 43.7 Å². The van der Waals surface area contributed by atoms with Crippen LogP contribution < -0.4 is 10.0 Å². The second-order valence-electron chi connectivity index (χ2n) is 6.14. The van der Waals surface area contributed by atoms with Crippen LogP contribution in [0.4, 0.5) is 0 Å². The molecule has 0 spiro atoms. The molecular weight excluding hydrogens is 360 g/mol. The highest BCUT2D eigenvalue weighted by Crippen LogP contribution is 2.28. The molecule has 0 radical (unpaired) electrons. The van der Waals surface area contributed by atoms with Gasteiger partial charge in [0.1, 0.15) is 4.88 Å². The monoisotopic (exact) mass is 382 g/mol. The maximum atomic E-state index is 12.7. The fourth-order valence-corrected chi connectivity index (χ4v) is 5.29. The van der Waals surface area contributed by atoms with Crippen molar-refractivity contribution in [2.24, 2.45) is 0 Å². The minimum absolute atomic E-state index is 0.101. The zero-order valence-corrected chi connectivity index (χ0v) is 15.9. The molecular formula is C17H22N2O4S2. The van der Waals surface area contributed by atoms with E-state index in [1.165, 1.54) is 11.3 Å². The van der Waals surface area contributed by atoms with Gasteiger partial charge in [0.2, 0.25) is 10.0 Å². The molecule has 2 aromatic rings. The Labute approximate surface area is 151 Å². The van der Waals surface area contributed by atoms with Gasteiger partial charge in [0.25, 0.3) is 0 Å². The highest BCUT2D eigenvalue weighted by Gasteiger charge is 2.26. The number of sulfonamides is 1. The lowest BCUT2D eigenvalue weighted by atomic mass is 10.0. The van der Waals surface area contributed by atoms with Crippen LogP contribution in [0.5, 0.6) is 0 Å². The van der Waals surface area contributed by atoms with Gasteiger partial charge in [-0.2, -0.15) is 0 Å². The molecule has 0 amide bonds. The first-order chi connectivity index (χ1) is 11.9. The third-order valence-electron chi connectivity index (χ3n) is 4.34. The average Bonchev–Trinajstić information content (AvgIpc) is 3.00. The molecule has 2 N–H and O–H groups in total. The zero-order valence-electron chi connectivity index (χ0n) is 14.2. The summed E-state index contributed by atoms with van der Waals surface area (Å²) in [6.07, 6.45) is 1.77. The molecule has 2 heterocycles. The van der Waals surface area contributed by atoms with Crippen LogP contribution >= 0.6 is 11.3 Å². The van der Waals surface area contributed by atoms with Crippen LogP contribution in [0.25, 0.3) is 10.1 Å². The Morgan fingerprint density at radius 1 is 1.40 bits per heavy atom. The lowest BCUT2D eigenvalue weighted by Gasteiger charge is -2.30. The molecule has 0 bridgehead atoms. The predicted octanol–water partition coefficient (Wildman–Crippen LogP) is 2.50. The number of ether oxygens (including phenoxy) is 1. The summed E-state index contributed by atoms with van der Waals surface area (Å²) in [5.74, 6) is -0.381. The summed E-state index contributed by atoms with van der Waals surface area (Å²) >= 11 is 1.30. The molecule has 2 atom stereocenters. The number of fused-ring (bicyclic) bond motifs is 1. The maximum Gasteiger partial charge on any atom is 0.348 e. The first-order valence-corrected chi connectivity index (χ1v) is 10.7. The highest BCUT2D eigenvalue weighted by atomic mass is 32.2. The molecule has 2 unspecified atom stereocenters. The van der Waals surface area contributed by atoms with Gasteiger partial charge in [-0.05, 0) is 62.9 Å². The molecule has 0 aliphatic carbocycles. The molecule has 1 aliphatic heterocycles. The topological polar surface area (TPSA) is 84.5 Å². The Bertz CT molecular complexity index is 876. The fraction of sp³-hybridized carbons (Fsp3) is 0.471. The molecule has 25 heavy (non-hydrogen) atoms. The number of thiophene rings is 1. The minimum atomic E-state index is -3.61. The van der Waals surface area contributed by atoms with E-state index in [-0.39, 0.29) is 22.9 Å². The largest absolute Gasteiger partial charge is 0.462 e. The first kappa shape index (κ1) is 18.3. The van der Waals surface area contributed by atoms with Crippen molar-refractivity contribution in [1.29, 1.82) is 0 Å². The van der Waals surface area contributed by atoms with Crippen molar-refractivity contribution in [3.8, 4) is 0 Å². The number of carbonyl (C=O) groups is 1. The van der Waals surface area contributed by atoms with Crippen molar-refractivity contribution >= 4 is 37.4 Å². The summed E-state index contributed by atoms with van der Waals surface area (Å²) in [6.45, 7) is 4.96. The van der Waals surface area contributed by atoms with Crippen LogP contribution in [-0.2, 0) is 14.8 Å². The van der Waals surface area contributed by atoms with E-state index < -0.39 is 10.0 Å². The second kappa shape index (κ2) is 7.41. The molecule has 8 heteroatoms. The van der Waals surface area contributed by atoms with Crippen molar-refractivity contribution < 1.29 is 17.9 Å². The van der Waals surface area contributed by atoms with Crippen LogP contribution in [-0.4, -0.2) is 39.6 Å². The smallest absolute Gasteiger partial charge is 0.348 e. The van der Waals surface area contributed by atoms with Gasteiger partial charge >= 0.3 is 5.97 Å². The Balaban J connectivity index is 1.85. The number of hydrogen-bond acceptors (Lipinski definition) is 6. The molecule has 0 saturated carbocycles. The highest BCUT2D eigenvalue weighted by molar-refractivity contribution is 7.89. The molecule has 1 aromatic carbocycles. The lowest BCUT2D eigenvalue weighted by Crippen LogP contribution is -2.51. The predicted molar refractivity (Wildman–Crippen MR) is 98.6 cm³/mol. The molecule has 3 rings (SSSR count). The molecule has 1 aromatic heterocycles. The first-order valence-electron chi connectivity index (χ1n) is 8.37. The molecule has 1 fully saturated rings. The number of hydrogen-bond donors (Lipinski definition) is 2. The van der Waals surface area contributed by atoms with Crippen molar-refractivity contribution in [1.82, 2.24) is 10.0 Å². The van der Waals surface area contributed by atoms with E-state index in [1.54, 1.807) is 31.2 Å². The Kier molecular flexibility index (Phi) is 5.43. The van der Waals surface area contributed by atoms with Crippen LogP contribution in [0.1, 0.15) is 36.4 Å². The van der Waals surface area contributed by atoms with Gasteiger partial charge in [-0.25, -0.2) is 17.9 Å². The number of benzene rings is 1. The van der Waals surface area contributed by atoms with Crippen LogP contribution in [0.3, 0.4) is 0 Å². The Morgan fingerprint density at radius 2 is 2.20 bits per heavy atom. The van der Waals surface area contributed by atoms with Crippen molar-refractivity contribution in [2.75, 3.05) is 13.2 Å². The van der Waals surface area contributed by atoms with E-state index >= 15 is 0 Å². The van der Waals surface area contributed by atoms with E-state index in [9.17, 15) is 13.2 Å². The number of esters is 1. The van der Waals surface area contributed by atoms with Crippen LogP contribution in [0.15, 0.2) is 29.2 Å². The van der Waals surface area contributed by atoms with Gasteiger partial charge in [0.05, 0.1) is 11.5 Å². The third-order valence-corrected chi connectivity index (χ3v) is 6.93. The van der Waals surface area contributed by atoms with Crippen LogP contribution in [0, 0.1) is 0 Å². The van der Waals surface area contributed by atoms with Gasteiger partial charge in [-0.15, -0.1) is 11.3 Å². The summed E-state index contributed by atoms with van der Waals surface area (Å²) in [5, 5.41) is 4.01. The number of nitrogens with one attached hydrogen (secondary N) is 2. The lowest BCUT2D eigenvalue weighted by molar-refractivity contribution is 0.0532. The Hall–Kier alpha value is -1.48. The van der Waals surface area contributed by atoms with E-state index in [1.807, 2.05) is 6.92 Å². The quantitative estimate of drug-likeness (QED) is 0.776. The number of carbonyl (C=O) groups excluding carboxylic acids is 1. The minimum Gasteiger partial charge on any atom is -0.462 e.